The monoisotopic (exact) mass is 278 g/mol. The molecular formula is C13H14N2O3S. The lowest BCUT2D eigenvalue weighted by atomic mass is 10.2. The maximum Gasteiger partial charge on any atom is 0.348 e. The third kappa shape index (κ3) is 2.17. The number of rotatable bonds is 3. The van der Waals surface area contributed by atoms with E-state index in [9.17, 15) is 4.79 Å². The fraction of sp³-hybridized carbons (Fsp3) is 0.385. The summed E-state index contributed by atoms with van der Waals surface area (Å²) in [5.41, 5.74) is 1.83. The number of hydrogen-bond donors (Lipinski definition) is 1. The van der Waals surface area contributed by atoms with Gasteiger partial charge in [0.25, 0.3) is 0 Å². The number of anilines is 1. The first-order chi connectivity index (χ1) is 9.19. The van der Waals surface area contributed by atoms with Crippen molar-refractivity contribution in [3.05, 3.63) is 23.1 Å². The maximum atomic E-state index is 11.0. The summed E-state index contributed by atoms with van der Waals surface area (Å²) in [7, 11) is 1.73. The summed E-state index contributed by atoms with van der Waals surface area (Å²) in [6.45, 7) is 1.83. The fourth-order valence-corrected chi connectivity index (χ4v) is 3.13. The Balaban J connectivity index is 1.93. The van der Waals surface area contributed by atoms with Crippen LogP contribution in [0, 0.1) is 0 Å². The molecule has 1 aromatic heterocycles. The van der Waals surface area contributed by atoms with Gasteiger partial charge in [0.05, 0.1) is 11.6 Å². The quantitative estimate of drug-likeness (QED) is 0.932. The van der Waals surface area contributed by atoms with Crippen molar-refractivity contribution in [3.63, 3.8) is 0 Å². The van der Waals surface area contributed by atoms with Crippen LogP contribution in [0.25, 0.3) is 10.9 Å². The molecule has 1 aliphatic heterocycles. The van der Waals surface area contributed by atoms with Crippen LogP contribution in [0.3, 0.4) is 0 Å². The van der Waals surface area contributed by atoms with Crippen molar-refractivity contribution in [2.24, 2.45) is 0 Å². The molecule has 19 heavy (non-hydrogen) atoms. The summed E-state index contributed by atoms with van der Waals surface area (Å²) in [6.07, 6.45) is 1.30. The zero-order valence-electron chi connectivity index (χ0n) is 10.5. The summed E-state index contributed by atoms with van der Waals surface area (Å²) >= 11 is 1.03. The summed E-state index contributed by atoms with van der Waals surface area (Å²) in [5.74, 6) is -0.916. The first-order valence-electron chi connectivity index (χ1n) is 6.09. The Kier molecular flexibility index (Phi) is 3.12. The van der Waals surface area contributed by atoms with E-state index in [-0.39, 0.29) is 6.10 Å². The SMILES string of the molecule is CO[C@H]1CCN(c2ccc3c(C(=O)O)snc3c2)C1. The molecule has 1 aliphatic rings. The zero-order chi connectivity index (χ0) is 13.4. The average Bonchev–Trinajstić information content (AvgIpc) is 3.04. The minimum Gasteiger partial charge on any atom is -0.477 e. The Hall–Kier alpha value is -1.66. The van der Waals surface area contributed by atoms with Gasteiger partial charge in [0.15, 0.2) is 0 Å². The van der Waals surface area contributed by atoms with Crippen molar-refractivity contribution in [2.75, 3.05) is 25.1 Å². The highest BCUT2D eigenvalue weighted by Crippen LogP contribution is 2.29. The van der Waals surface area contributed by atoms with Crippen LogP contribution in [0.5, 0.6) is 0 Å². The number of carboxylic acid groups (broad SMARTS) is 1. The lowest BCUT2D eigenvalue weighted by Crippen LogP contribution is -2.21. The first-order valence-corrected chi connectivity index (χ1v) is 6.87. The van der Waals surface area contributed by atoms with Gasteiger partial charge in [0.1, 0.15) is 4.88 Å². The van der Waals surface area contributed by atoms with E-state index in [0.29, 0.717) is 10.3 Å². The molecule has 1 saturated heterocycles. The van der Waals surface area contributed by atoms with E-state index in [1.165, 1.54) is 0 Å². The normalized spacial score (nSPS) is 19.2. The van der Waals surface area contributed by atoms with Crippen LogP contribution in [-0.4, -0.2) is 41.8 Å². The van der Waals surface area contributed by atoms with Gasteiger partial charge < -0.3 is 14.7 Å². The van der Waals surface area contributed by atoms with Crippen molar-refractivity contribution >= 4 is 34.1 Å². The average molecular weight is 278 g/mol. The molecule has 0 unspecified atom stereocenters. The molecule has 6 heteroatoms. The minimum atomic E-state index is -0.916. The Morgan fingerprint density at radius 2 is 2.42 bits per heavy atom. The van der Waals surface area contributed by atoms with Crippen LogP contribution < -0.4 is 4.90 Å². The van der Waals surface area contributed by atoms with Crippen LogP contribution in [0.15, 0.2) is 18.2 Å². The molecule has 1 N–H and O–H groups in total. The maximum absolute atomic E-state index is 11.0. The summed E-state index contributed by atoms with van der Waals surface area (Å²) in [5, 5.41) is 9.77. The van der Waals surface area contributed by atoms with Gasteiger partial charge in [-0.25, -0.2) is 4.79 Å². The second kappa shape index (κ2) is 4.79. The molecule has 0 saturated carbocycles. The molecule has 1 aromatic carbocycles. The predicted molar refractivity (Wildman–Crippen MR) is 74.2 cm³/mol. The van der Waals surface area contributed by atoms with Crippen molar-refractivity contribution in [3.8, 4) is 0 Å². The molecule has 2 aromatic rings. The third-order valence-corrected chi connectivity index (χ3v) is 4.36. The molecule has 1 atom stereocenters. The van der Waals surface area contributed by atoms with Gasteiger partial charge in [-0.2, -0.15) is 4.37 Å². The van der Waals surface area contributed by atoms with Gasteiger partial charge >= 0.3 is 5.97 Å². The number of hydrogen-bond acceptors (Lipinski definition) is 5. The number of ether oxygens (including phenoxy) is 1. The molecule has 3 rings (SSSR count). The highest BCUT2D eigenvalue weighted by Gasteiger charge is 2.23. The number of fused-ring (bicyclic) bond motifs is 1. The second-order valence-corrected chi connectivity index (χ2v) is 5.38. The van der Waals surface area contributed by atoms with Gasteiger partial charge in [-0.05, 0) is 36.2 Å². The topological polar surface area (TPSA) is 62.7 Å². The van der Waals surface area contributed by atoms with Gasteiger partial charge in [0, 0.05) is 31.3 Å². The molecule has 5 nitrogen and oxygen atoms in total. The summed E-state index contributed by atoms with van der Waals surface area (Å²) in [6, 6.07) is 5.76. The number of carbonyl (C=O) groups is 1. The van der Waals surface area contributed by atoms with E-state index in [4.69, 9.17) is 9.84 Å². The Morgan fingerprint density at radius 3 is 3.11 bits per heavy atom. The zero-order valence-corrected chi connectivity index (χ0v) is 11.3. The number of aromatic carboxylic acids is 1. The van der Waals surface area contributed by atoms with E-state index in [2.05, 4.69) is 9.27 Å². The predicted octanol–water partition coefficient (Wildman–Crippen LogP) is 2.22. The van der Waals surface area contributed by atoms with Crippen molar-refractivity contribution in [1.82, 2.24) is 4.37 Å². The Morgan fingerprint density at radius 1 is 1.58 bits per heavy atom. The van der Waals surface area contributed by atoms with Crippen LogP contribution in [-0.2, 0) is 4.74 Å². The number of nitrogens with zero attached hydrogens (tertiary/aromatic N) is 2. The van der Waals surface area contributed by atoms with Crippen LogP contribution in [0.2, 0.25) is 0 Å². The van der Waals surface area contributed by atoms with E-state index < -0.39 is 5.97 Å². The van der Waals surface area contributed by atoms with Gasteiger partial charge in [-0.15, -0.1) is 0 Å². The molecule has 2 heterocycles. The standard InChI is InChI=1S/C13H14N2O3S/c1-18-9-4-5-15(7-9)8-2-3-10-11(6-8)14-19-12(10)13(16)17/h2-3,6,9H,4-5,7H2,1H3,(H,16,17)/t9-/m0/s1. The largest absolute Gasteiger partial charge is 0.477 e. The molecular weight excluding hydrogens is 264 g/mol. The highest BCUT2D eigenvalue weighted by molar-refractivity contribution is 7.09. The molecule has 0 amide bonds. The summed E-state index contributed by atoms with van der Waals surface area (Å²) < 4.78 is 9.57. The number of methoxy groups -OCH3 is 1. The fourth-order valence-electron chi connectivity index (χ4n) is 2.44. The number of benzene rings is 1. The van der Waals surface area contributed by atoms with E-state index in [1.54, 1.807) is 7.11 Å². The van der Waals surface area contributed by atoms with E-state index in [1.807, 2.05) is 18.2 Å². The van der Waals surface area contributed by atoms with Gasteiger partial charge in [-0.1, -0.05) is 0 Å². The van der Waals surface area contributed by atoms with Gasteiger partial charge in [-0.3, -0.25) is 0 Å². The minimum absolute atomic E-state index is 0.278. The van der Waals surface area contributed by atoms with Crippen LogP contribution in [0.1, 0.15) is 16.1 Å². The molecule has 0 bridgehead atoms. The first kappa shape index (κ1) is 12.4. The molecule has 1 fully saturated rings. The van der Waals surface area contributed by atoms with E-state index in [0.717, 1.165) is 42.2 Å². The number of aromatic nitrogens is 1. The number of carboxylic acids is 1. The van der Waals surface area contributed by atoms with Crippen molar-refractivity contribution in [2.45, 2.75) is 12.5 Å². The van der Waals surface area contributed by atoms with Crippen LogP contribution in [0.4, 0.5) is 5.69 Å². The smallest absolute Gasteiger partial charge is 0.348 e. The molecule has 0 spiro atoms. The summed E-state index contributed by atoms with van der Waals surface area (Å²) in [4.78, 5) is 13.6. The molecule has 0 aliphatic carbocycles. The Bertz CT molecular complexity index is 625. The van der Waals surface area contributed by atoms with Crippen molar-refractivity contribution < 1.29 is 14.6 Å². The molecule has 100 valence electrons. The lowest BCUT2D eigenvalue weighted by molar-refractivity contribution is 0.0704. The lowest BCUT2D eigenvalue weighted by Gasteiger charge is -2.18. The van der Waals surface area contributed by atoms with Crippen molar-refractivity contribution in [1.29, 1.82) is 0 Å². The second-order valence-electron chi connectivity index (χ2n) is 4.61. The third-order valence-electron chi connectivity index (χ3n) is 3.50. The molecule has 0 radical (unpaired) electrons. The van der Waals surface area contributed by atoms with E-state index >= 15 is 0 Å². The van der Waals surface area contributed by atoms with Gasteiger partial charge in [0.2, 0.25) is 0 Å². The highest BCUT2D eigenvalue weighted by atomic mass is 32.1. The van der Waals surface area contributed by atoms with Crippen LogP contribution >= 0.6 is 11.5 Å². The Labute approximate surface area is 114 Å².